The topological polar surface area (TPSA) is 67.2 Å². The van der Waals surface area contributed by atoms with Gasteiger partial charge in [-0.1, -0.05) is 26.8 Å². The molecule has 1 aromatic heterocycles. The molecule has 1 saturated heterocycles. The number of rotatable bonds is 2. The van der Waals surface area contributed by atoms with E-state index in [1.807, 2.05) is 6.07 Å². The number of carbonyl (C=O) groups excluding carboxylic acids is 1. The van der Waals surface area contributed by atoms with Crippen LogP contribution in [0.2, 0.25) is 0 Å². The highest BCUT2D eigenvalue weighted by Gasteiger charge is 2.24. The monoisotopic (exact) mass is 287 g/mol. The molecule has 0 aliphatic carbocycles. The van der Waals surface area contributed by atoms with Gasteiger partial charge in [0.2, 0.25) is 5.91 Å². The Balaban J connectivity index is 1.85. The zero-order valence-electron chi connectivity index (χ0n) is 12.7. The van der Waals surface area contributed by atoms with Crippen LogP contribution in [0, 0.1) is 0 Å². The summed E-state index contributed by atoms with van der Waals surface area (Å²) < 4.78 is 5.76. The fraction of sp³-hybridized carbons (Fsp3) is 0.500. The molecule has 3 rings (SSSR count). The number of aromatic nitrogens is 1. The first-order valence-corrected chi connectivity index (χ1v) is 7.34. The fourth-order valence-corrected chi connectivity index (χ4v) is 2.52. The number of nitrogens with one attached hydrogen (secondary N) is 2. The Hall–Kier alpha value is -1.88. The van der Waals surface area contributed by atoms with Gasteiger partial charge >= 0.3 is 0 Å². The number of nitrogens with zero attached hydrogens (tertiary/aromatic N) is 1. The second-order valence-electron chi connectivity index (χ2n) is 6.54. The Morgan fingerprint density at radius 3 is 2.86 bits per heavy atom. The summed E-state index contributed by atoms with van der Waals surface area (Å²) >= 11 is 0. The predicted molar refractivity (Wildman–Crippen MR) is 81.2 cm³/mol. The number of hydrogen-bond acceptors (Lipinski definition) is 4. The normalized spacial score (nSPS) is 19.8. The molecular formula is C16H21N3O2. The highest BCUT2D eigenvalue weighted by molar-refractivity contribution is 5.82. The van der Waals surface area contributed by atoms with Gasteiger partial charge in [0.25, 0.3) is 0 Å². The summed E-state index contributed by atoms with van der Waals surface area (Å²) in [7, 11) is 0. The lowest BCUT2D eigenvalue weighted by Crippen LogP contribution is -2.53. The third-order valence-electron chi connectivity index (χ3n) is 3.81. The third kappa shape index (κ3) is 2.93. The number of carbonyl (C=O) groups is 1. The number of amides is 1. The quantitative estimate of drug-likeness (QED) is 0.883. The summed E-state index contributed by atoms with van der Waals surface area (Å²) in [5.41, 5.74) is 2.93. The number of oxazole rings is 1. The summed E-state index contributed by atoms with van der Waals surface area (Å²) in [5, 5.41) is 6.03. The first-order valence-electron chi connectivity index (χ1n) is 7.34. The van der Waals surface area contributed by atoms with E-state index in [1.54, 1.807) is 0 Å². The standard InChI is InChI=1S/C16H21N3O2/c1-16(2,3)10-4-5-13-11(8-10)19-14(21-13)9-12-15(20)18-7-6-17-12/h4-5,8,12,17H,6-7,9H2,1-3H3,(H,18,20). The minimum absolute atomic E-state index is 0.0129. The van der Waals surface area contributed by atoms with Gasteiger partial charge in [0.15, 0.2) is 11.5 Å². The van der Waals surface area contributed by atoms with Crippen LogP contribution >= 0.6 is 0 Å². The van der Waals surface area contributed by atoms with Gasteiger partial charge in [0, 0.05) is 19.5 Å². The van der Waals surface area contributed by atoms with Crippen molar-refractivity contribution in [1.82, 2.24) is 15.6 Å². The van der Waals surface area contributed by atoms with Crippen molar-refractivity contribution in [3.05, 3.63) is 29.7 Å². The summed E-state index contributed by atoms with van der Waals surface area (Å²) in [6, 6.07) is 5.84. The van der Waals surface area contributed by atoms with Crippen LogP contribution in [-0.4, -0.2) is 30.0 Å². The van der Waals surface area contributed by atoms with Crippen LogP contribution in [-0.2, 0) is 16.6 Å². The molecule has 1 aliphatic heterocycles. The van der Waals surface area contributed by atoms with Gasteiger partial charge in [-0.3, -0.25) is 4.79 Å². The molecular weight excluding hydrogens is 266 g/mol. The van der Waals surface area contributed by atoms with Crippen LogP contribution < -0.4 is 10.6 Å². The maximum Gasteiger partial charge on any atom is 0.237 e. The van der Waals surface area contributed by atoms with E-state index in [1.165, 1.54) is 5.56 Å². The molecule has 1 atom stereocenters. The smallest absolute Gasteiger partial charge is 0.237 e. The van der Waals surface area contributed by atoms with E-state index in [0.29, 0.717) is 18.9 Å². The molecule has 2 aromatic rings. The summed E-state index contributed by atoms with van der Waals surface area (Å²) in [6.07, 6.45) is 0.478. The molecule has 0 spiro atoms. The van der Waals surface area contributed by atoms with Crippen molar-refractivity contribution in [2.75, 3.05) is 13.1 Å². The van der Waals surface area contributed by atoms with Gasteiger partial charge < -0.3 is 15.1 Å². The van der Waals surface area contributed by atoms with Crippen molar-refractivity contribution in [2.45, 2.75) is 38.6 Å². The van der Waals surface area contributed by atoms with Gasteiger partial charge in [-0.15, -0.1) is 0 Å². The van der Waals surface area contributed by atoms with Gasteiger partial charge in [0.05, 0.1) is 6.04 Å². The van der Waals surface area contributed by atoms with Crippen LogP contribution in [0.5, 0.6) is 0 Å². The Morgan fingerprint density at radius 2 is 2.14 bits per heavy atom. The van der Waals surface area contributed by atoms with Gasteiger partial charge in [-0.2, -0.15) is 0 Å². The van der Waals surface area contributed by atoms with Crippen molar-refractivity contribution in [3.8, 4) is 0 Å². The summed E-state index contributed by atoms with van der Waals surface area (Å²) in [4.78, 5) is 16.3. The first-order chi connectivity index (χ1) is 9.93. The zero-order valence-corrected chi connectivity index (χ0v) is 12.7. The van der Waals surface area contributed by atoms with Crippen molar-refractivity contribution in [2.24, 2.45) is 0 Å². The first kappa shape index (κ1) is 14.1. The Morgan fingerprint density at radius 1 is 1.33 bits per heavy atom. The van der Waals surface area contributed by atoms with E-state index in [-0.39, 0.29) is 17.4 Å². The van der Waals surface area contributed by atoms with E-state index in [2.05, 4.69) is 48.5 Å². The van der Waals surface area contributed by atoms with E-state index >= 15 is 0 Å². The van der Waals surface area contributed by atoms with Crippen molar-refractivity contribution in [1.29, 1.82) is 0 Å². The largest absolute Gasteiger partial charge is 0.441 e. The average molecular weight is 287 g/mol. The number of benzene rings is 1. The molecule has 5 nitrogen and oxygen atoms in total. The minimum atomic E-state index is -0.256. The van der Waals surface area contributed by atoms with E-state index < -0.39 is 0 Å². The van der Waals surface area contributed by atoms with Gasteiger partial charge in [0.1, 0.15) is 5.52 Å². The van der Waals surface area contributed by atoms with Gasteiger partial charge in [-0.25, -0.2) is 4.98 Å². The maximum absolute atomic E-state index is 11.8. The van der Waals surface area contributed by atoms with E-state index in [9.17, 15) is 4.79 Å². The molecule has 0 bridgehead atoms. The van der Waals surface area contributed by atoms with Crippen molar-refractivity contribution in [3.63, 3.8) is 0 Å². The lowest BCUT2D eigenvalue weighted by Gasteiger charge is -2.22. The predicted octanol–water partition coefficient (Wildman–Crippen LogP) is 1.76. The second kappa shape index (κ2) is 5.15. The molecule has 1 fully saturated rings. The highest BCUT2D eigenvalue weighted by atomic mass is 16.3. The average Bonchev–Trinajstić information content (AvgIpc) is 2.81. The SMILES string of the molecule is CC(C)(C)c1ccc2oc(CC3NCCNC3=O)nc2c1. The molecule has 5 heteroatoms. The molecule has 2 heterocycles. The molecule has 0 radical (unpaired) electrons. The number of hydrogen-bond donors (Lipinski definition) is 2. The third-order valence-corrected chi connectivity index (χ3v) is 3.81. The van der Waals surface area contributed by atoms with Gasteiger partial charge in [-0.05, 0) is 23.1 Å². The Bertz CT molecular complexity index is 670. The molecule has 1 aromatic carbocycles. The Labute approximate surface area is 124 Å². The maximum atomic E-state index is 11.8. The van der Waals surface area contributed by atoms with Crippen LogP contribution in [0.25, 0.3) is 11.1 Å². The number of fused-ring (bicyclic) bond motifs is 1. The highest BCUT2D eigenvalue weighted by Crippen LogP contribution is 2.26. The van der Waals surface area contributed by atoms with Crippen molar-refractivity contribution >= 4 is 17.0 Å². The molecule has 1 unspecified atom stereocenters. The Kier molecular flexibility index (Phi) is 3.45. The zero-order chi connectivity index (χ0) is 15.0. The van der Waals surface area contributed by atoms with E-state index in [0.717, 1.165) is 17.6 Å². The summed E-state index contributed by atoms with van der Waals surface area (Å²) in [5.74, 6) is 0.615. The minimum Gasteiger partial charge on any atom is -0.441 e. The number of piperazine rings is 1. The molecule has 21 heavy (non-hydrogen) atoms. The van der Waals surface area contributed by atoms with Crippen molar-refractivity contribution < 1.29 is 9.21 Å². The fourth-order valence-electron chi connectivity index (χ4n) is 2.52. The molecule has 112 valence electrons. The second-order valence-corrected chi connectivity index (χ2v) is 6.54. The molecule has 0 saturated carbocycles. The molecule has 1 aliphatic rings. The lowest BCUT2D eigenvalue weighted by molar-refractivity contribution is -0.124. The van der Waals surface area contributed by atoms with Crippen LogP contribution in [0.1, 0.15) is 32.2 Å². The van der Waals surface area contributed by atoms with E-state index in [4.69, 9.17) is 4.42 Å². The molecule has 1 amide bonds. The molecule has 2 N–H and O–H groups in total. The van der Waals surface area contributed by atoms with Crippen LogP contribution in [0.3, 0.4) is 0 Å². The van der Waals surface area contributed by atoms with Crippen LogP contribution in [0.15, 0.2) is 22.6 Å². The lowest BCUT2D eigenvalue weighted by atomic mass is 9.87. The summed E-state index contributed by atoms with van der Waals surface area (Å²) in [6.45, 7) is 7.98. The van der Waals surface area contributed by atoms with Crippen LogP contribution in [0.4, 0.5) is 0 Å².